The Hall–Kier alpha value is -2.42. The molecular weight excluding hydrogens is 430 g/mol. The van der Waals surface area contributed by atoms with Crippen molar-refractivity contribution in [1.82, 2.24) is 14.8 Å². The molecule has 5 nitrogen and oxygen atoms in total. The molecular formula is C21H19ClF2N4OS. The van der Waals surface area contributed by atoms with Crippen LogP contribution in [0, 0.1) is 0 Å². The normalized spacial score (nSPS) is 16.0. The number of aliphatic hydroxyl groups is 1. The topological polar surface area (TPSA) is 54.2 Å². The van der Waals surface area contributed by atoms with Crippen LogP contribution in [0.1, 0.15) is 35.9 Å². The summed E-state index contributed by atoms with van der Waals surface area (Å²) >= 11 is 7.92. The van der Waals surface area contributed by atoms with E-state index in [0.29, 0.717) is 17.4 Å². The van der Waals surface area contributed by atoms with Crippen LogP contribution < -0.4 is 4.90 Å². The number of nitrogens with zero attached hydrogens (tertiary/aromatic N) is 4. The summed E-state index contributed by atoms with van der Waals surface area (Å²) < 4.78 is 29.4. The van der Waals surface area contributed by atoms with E-state index in [2.05, 4.69) is 22.3 Å². The predicted molar refractivity (Wildman–Crippen MR) is 115 cm³/mol. The third-order valence-electron chi connectivity index (χ3n) is 4.74. The van der Waals surface area contributed by atoms with Crippen LogP contribution in [-0.4, -0.2) is 19.9 Å². The SMILES string of the molecule is CC(F)(F)c1cccc(N2C=Cn3c(CSCc4ccccc4)nnc3C2O)c1Cl. The lowest BCUT2D eigenvalue weighted by Crippen LogP contribution is -2.29. The molecule has 1 N–H and O–H groups in total. The number of thioether (sulfide) groups is 1. The molecule has 9 heteroatoms. The maximum absolute atomic E-state index is 13.8. The molecule has 1 unspecified atom stereocenters. The van der Waals surface area contributed by atoms with E-state index in [0.717, 1.165) is 12.7 Å². The number of hydrogen-bond acceptors (Lipinski definition) is 5. The molecule has 30 heavy (non-hydrogen) atoms. The molecule has 0 spiro atoms. The fourth-order valence-corrected chi connectivity index (χ4v) is 4.52. The van der Waals surface area contributed by atoms with E-state index in [1.54, 1.807) is 34.8 Å². The van der Waals surface area contributed by atoms with E-state index in [9.17, 15) is 13.9 Å². The number of anilines is 1. The number of hydrogen-bond donors (Lipinski definition) is 1. The van der Waals surface area contributed by atoms with Crippen molar-refractivity contribution < 1.29 is 13.9 Å². The number of alkyl halides is 2. The Morgan fingerprint density at radius 2 is 1.83 bits per heavy atom. The highest BCUT2D eigenvalue weighted by Gasteiger charge is 2.32. The van der Waals surface area contributed by atoms with Gasteiger partial charge < -0.3 is 10.0 Å². The number of aliphatic hydroxyl groups excluding tert-OH is 1. The van der Waals surface area contributed by atoms with Crippen LogP contribution in [0.4, 0.5) is 14.5 Å². The standard InChI is InChI=1S/C21H19ClF2N4OS/c1-21(23,24)15-8-5-9-16(18(15)22)27-10-11-28-17(25-26-19(28)20(27)29)13-30-12-14-6-3-2-4-7-14/h2-11,20,29H,12-13H2,1H3. The van der Waals surface area contributed by atoms with Gasteiger partial charge in [0.2, 0.25) is 0 Å². The molecule has 1 aromatic heterocycles. The van der Waals surface area contributed by atoms with E-state index in [4.69, 9.17) is 11.6 Å². The van der Waals surface area contributed by atoms with Crippen LogP contribution >= 0.6 is 23.4 Å². The van der Waals surface area contributed by atoms with Crippen molar-refractivity contribution in [3.05, 3.63) is 82.5 Å². The van der Waals surface area contributed by atoms with Crippen LogP contribution in [0.3, 0.4) is 0 Å². The Morgan fingerprint density at radius 1 is 1.07 bits per heavy atom. The van der Waals surface area contributed by atoms with Crippen molar-refractivity contribution >= 4 is 35.3 Å². The van der Waals surface area contributed by atoms with Crippen LogP contribution in [0.25, 0.3) is 6.20 Å². The molecule has 0 saturated heterocycles. The summed E-state index contributed by atoms with van der Waals surface area (Å²) in [5.41, 5.74) is 1.19. The lowest BCUT2D eigenvalue weighted by Gasteiger charge is -2.30. The summed E-state index contributed by atoms with van der Waals surface area (Å²) in [5.74, 6) is -0.661. The second-order valence-corrected chi connectivity index (χ2v) is 8.29. The summed E-state index contributed by atoms with van der Waals surface area (Å²) in [6.45, 7) is 0.788. The fraction of sp³-hybridized carbons (Fsp3) is 0.238. The zero-order valence-corrected chi connectivity index (χ0v) is 17.6. The van der Waals surface area contributed by atoms with Crippen LogP contribution in [0.15, 0.2) is 54.7 Å². The second kappa shape index (κ2) is 8.37. The average Bonchev–Trinajstić information content (AvgIpc) is 3.13. The molecule has 0 aliphatic carbocycles. The molecule has 1 atom stereocenters. The minimum atomic E-state index is -3.10. The second-order valence-electron chi connectivity index (χ2n) is 6.93. The lowest BCUT2D eigenvalue weighted by atomic mass is 10.1. The highest BCUT2D eigenvalue weighted by atomic mass is 35.5. The molecule has 0 amide bonds. The predicted octanol–water partition coefficient (Wildman–Crippen LogP) is 5.42. The smallest absolute Gasteiger partial charge is 0.272 e. The van der Waals surface area contributed by atoms with Crippen molar-refractivity contribution in [2.24, 2.45) is 0 Å². The van der Waals surface area contributed by atoms with Gasteiger partial charge in [-0.1, -0.05) is 54.1 Å². The van der Waals surface area contributed by atoms with Gasteiger partial charge in [0.1, 0.15) is 5.82 Å². The summed E-state index contributed by atoms with van der Waals surface area (Å²) in [6.07, 6.45) is 2.09. The van der Waals surface area contributed by atoms with E-state index in [1.807, 2.05) is 18.2 Å². The zero-order valence-electron chi connectivity index (χ0n) is 16.0. The number of halogens is 3. The van der Waals surface area contributed by atoms with Crippen molar-refractivity contribution in [3.8, 4) is 0 Å². The fourth-order valence-electron chi connectivity index (χ4n) is 3.22. The van der Waals surface area contributed by atoms with Gasteiger partial charge in [-0.15, -0.1) is 22.0 Å². The van der Waals surface area contributed by atoms with Gasteiger partial charge in [-0.25, -0.2) is 8.78 Å². The van der Waals surface area contributed by atoms with E-state index in [-0.39, 0.29) is 16.3 Å². The molecule has 0 bridgehead atoms. The van der Waals surface area contributed by atoms with Crippen LogP contribution in [-0.2, 0) is 17.4 Å². The molecule has 2 heterocycles. The largest absolute Gasteiger partial charge is 0.366 e. The van der Waals surface area contributed by atoms with Gasteiger partial charge in [-0.2, -0.15) is 0 Å². The maximum Gasteiger partial charge on any atom is 0.272 e. The van der Waals surface area contributed by atoms with Crippen molar-refractivity contribution in [2.45, 2.75) is 30.6 Å². The monoisotopic (exact) mass is 448 g/mol. The highest BCUT2D eigenvalue weighted by molar-refractivity contribution is 7.97. The minimum absolute atomic E-state index is 0.111. The molecule has 3 aromatic rings. The third-order valence-corrected chi connectivity index (χ3v) is 6.13. The molecule has 1 aliphatic heterocycles. The van der Waals surface area contributed by atoms with Gasteiger partial charge in [0, 0.05) is 30.6 Å². The number of rotatable bonds is 6. The van der Waals surface area contributed by atoms with Gasteiger partial charge in [-0.3, -0.25) is 4.57 Å². The first-order chi connectivity index (χ1) is 14.4. The van der Waals surface area contributed by atoms with E-state index in [1.165, 1.54) is 22.6 Å². The molecule has 0 radical (unpaired) electrons. The first kappa shape index (κ1) is 20.8. The highest BCUT2D eigenvalue weighted by Crippen LogP contribution is 2.41. The van der Waals surface area contributed by atoms with E-state index >= 15 is 0 Å². The zero-order chi connectivity index (χ0) is 21.3. The summed E-state index contributed by atoms with van der Waals surface area (Å²) in [6, 6.07) is 14.4. The first-order valence-corrected chi connectivity index (χ1v) is 10.8. The Kier molecular flexibility index (Phi) is 5.81. The number of fused-ring (bicyclic) bond motifs is 1. The molecule has 2 aromatic carbocycles. The van der Waals surface area contributed by atoms with Gasteiger partial charge >= 0.3 is 0 Å². The van der Waals surface area contributed by atoms with E-state index < -0.39 is 12.2 Å². The van der Waals surface area contributed by atoms with Gasteiger partial charge in [-0.05, 0) is 11.6 Å². The lowest BCUT2D eigenvalue weighted by molar-refractivity contribution is 0.0176. The third kappa shape index (κ3) is 4.08. The van der Waals surface area contributed by atoms with Crippen molar-refractivity contribution in [2.75, 3.05) is 4.90 Å². The van der Waals surface area contributed by atoms with Crippen molar-refractivity contribution in [1.29, 1.82) is 0 Å². The van der Waals surface area contributed by atoms with Gasteiger partial charge in [0.05, 0.1) is 16.5 Å². The molecule has 4 rings (SSSR count). The Balaban J connectivity index is 1.53. The van der Waals surface area contributed by atoms with Gasteiger partial charge in [0.15, 0.2) is 12.1 Å². The Labute approximate surface area is 182 Å². The summed E-state index contributed by atoms with van der Waals surface area (Å²) in [7, 11) is 0. The molecule has 156 valence electrons. The van der Waals surface area contributed by atoms with Crippen LogP contribution in [0.5, 0.6) is 0 Å². The van der Waals surface area contributed by atoms with Crippen molar-refractivity contribution in [3.63, 3.8) is 0 Å². The first-order valence-electron chi connectivity index (χ1n) is 9.23. The number of aromatic nitrogens is 3. The minimum Gasteiger partial charge on any atom is -0.366 e. The summed E-state index contributed by atoms with van der Waals surface area (Å²) in [5, 5.41) is 19.0. The molecule has 0 saturated carbocycles. The Bertz CT molecular complexity index is 1070. The molecule has 0 fully saturated rings. The maximum atomic E-state index is 13.8. The average molecular weight is 449 g/mol. The Morgan fingerprint density at radius 3 is 2.57 bits per heavy atom. The molecule has 1 aliphatic rings. The van der Waals surface area contributed by atoms with Crippen LogP contribution in [0.2, 0.25) is 5.02 Å². The van der Waals surface area contributed by atoms with Gasteiger partial charge in [0.25, 0.3) is 5.92 Å². The quantitative estimate of drug-likeness (QED) is 0.546. The number of benzene rings is 2. The summed E-state index contributed by atoms with van der Waals surface area (Å²) in [4.78, 5) is 1.41.